The predicted octanol–water partition coefficient (Wildman–Crippen LogP) is 4.22. The second-order valence-corrected chi connectivity index (χ2v) is 4.28. The Morgan fingerprint density at radius 2 is 2.12 bits per heavy atom. The molecule has 0 bridgehead atoms. The molecule has 1 nitrogen and oxygen atoms in total. The summed E-state index contributed by atoms with van der Waals surface area (Å²) >= 11 is 0. The van der Waals surface area contributed by atoms with Crippen LogP contribution in [-0.2, 0) is 6.42 Å². The number of hydrogen-bond donors (Lipinski definition) is 0. The van der Waals surface area contributed by atoms with E-state index in [0.717, 1.165) is 23.1 Å². The van der Waals surface area contributed by atoms with Crippen LogP contribution in [0.4, 0.5) is 0 Å². The molecule has 0 radical (unpaired) electrons. The highest BCUT2D eigenvalue weighted by Crippen LogP contribution is 2.19. The molecule has 1 aromatic carbocycles. The van der Waals surface area contributed by atoms with Gasteiger partial charge in [0.1, 0.15) is 0 Å². The molecule has 0 aliphatic rings. The number of fused-ring (bicyclic) bond motifs is 1. The summed E-state index contributed by atoms with van der Waals surface area (Å²) in [5.74, 6) is 0. The molecule has 1 heteroatoms. The normalized spacial score (nSPS) is 10.6. The van der Waals surface area contributed by atoms with Crippen molar-refractivity contribution < 1.29 is 0 Å². The van der Waals surface area contributed by atoms with Crippen molar-refractivity contribution in [1.82, 2.24) is 4.98 Å². The molecule has 2 aromatic rings. The number of pyridine rings is 1. The van der Waals surface area contributed by atoms with Gasteiger partial charge in [-0.25, -0.2) is 0 Å². The minimum Gasteiger partial charge on any atom is -0.256 e. The molecule has 0 N–H and O–H groups in total. The third kappa shape index (κ3) is 2.13. The summed E-state index contributed by atoms with van der Waals surface area (Å²) in [6.07, 6.45) is 4.20. The first-order chi connectivity index (χ1) is 7.70. The van der Waals surface area contributed by atoms with Crippen molar-refractivity contribution in [3.8, 4) is 0 Å². The monoisotopic (exact) mass is 211 g/mol. The van der Waals surface area contributed by atoms with Gasteiger partial charge in [0.25, 0.3) is 0 Å². The summed E-state index contributed by atoms with van der Waals surface area (Å²) in [5.41, 5.74) is 4.63. The van der Waals surface area contributed by atoms with E-state index in [1.807, 2.05) is 13.1 Å². The third-order valence-corrected chi connectivity index (χ3v) is 2.78. The highest BCUT2D eigenvalue weighted by atomic mass is 14.6. The van der Waals surface area contributed by atoms with Crippen LogP contribution in [0.15, 0.2) is 37.0 Å². The Morgan fingerprint density at radius 3 is 2.81 bits per heavy atom. The highest BCUT2D eigenvalue weighted by Gasteiger charge is 2.00. The summed E-state index contributed by atoms with van der Waals surface area (Å²) in [4.78, 5) is 4.48. The fourth-order valence-electron chi connectivity index (χ4n) is 1.84. The van der Waals surface area contributed by atoms with Crippen LogP contribution in [0.3, 0.4) is 0 Å². The number of hydrogen-bond acceptors (Lipinski definition) is 1. The van der Waals surface area contributed by atoms with Crippen LogP contribution in [0.5, 0.6) is 0 Å². The predicted molar refractivity (Wildman–Crippen MR) is 70.4 cm³/mol. The average Bonchev–Trinajstić information content (AvgIpc) is 2.28. The molecule has 16 heavy (non-hydrogen) atoms. The van der Waals surface area contributed by atoms with Crippen molar-refractivity contribution in [3.63, 3.8) is 0 Å². The lowest BCUT2D eigenvalue weighted by Gasteiger charge is -2.04. The van der Waals surface area contributed by atoms with Gasteiger partial charge in [0, 0.05) is 11.6 Å². The van der Waals surface area contributed by atoms with E-state index in [9.17, 15) is 0 Å². The molecule has 0 aliphatic heterocycles. The maximum absolute atomic E-state index is 4.48. The summed E-state index contributed by atoms with van der Waals surface area (Å²) in [6, 6.07) is 8.68. The van der Waals surface area contributed by atoms with Crippen LogP contribution in [0.25, 0.3) is 16.5 Å². The molecule has 1 aromatic heterocycles. The van der Waals surface area contributed by atoms with Crippen molar-refractivity contribution in [1.29, 1.82) is 0 Å². The first-order valence-corrected chi connectivity index (χ1v) is 5.75. The van der Waals surface area contributed by atoms with E-state index in [1.54, 1.807) is 0 Å². The van der Waals surface area contributed by atoms with Crippen LogP contribution in [-0.4, -0.2) is 4.98 Å². The first-order valence-electron chi connectivity index (χ1n) is 5.75. The van der Waals surface area contributed by atoms with E-state index < -0.39 is 0 Å². The standard InChI is InChI=1S/C15H17N/c1-4-5-12-6-7-13-9-14(11(2)3)10-16-15(13)8-12/h6-10H,2,4-5H2,1,3H3. The molecule has 0 saturated heterocycles. The zero-order chi connectivity index (χ0) is 11.5. The Morgan fingerprint density at radius 1 is 1.31 bits per heavy atom. The summed E-state index contributed by atoms with van der Waals surface area (Å²) in [5, 5.41) is 1.19. The number of aromatic nitrogens is 1. The number of benzene rings is 1. The van der Waals surface area contributed by atoms with Gasteiger partial charge in [-0.05, 0) is 42.2 Å². The van der Waals surface area contributed by atoms with E-state index in [4.69, 9.17) is 0 Å². The minimum atomic E-state index is 1.06. The molecule has 1 heterocycles. The summed E-state index contributed by atoms with van der Waals surface area (Å²) in [7, 11) is 0. The highest BCUT2D eigenvalue weighted by molar-refractivity contribution is 5.82. The second kappa shape index (κ2) is 4.48. The molecule has 0 fully saturated rings. The smallest absolute Gasteiger partial charge is 0.0705 e. The van der Waals surface area contributed by atoms with Gasteiger partial charge in [0.05, 0.1) is 5.52 Å². The largest absolute Gasteiger partial charge is 0.256 e. The van der Waals surface area contributed by atoms with Crippen molar-refractivity contribution >= 4 is 16.5 Å². The topological polar surface area (TPSA) is 12.9 Å². The van der Waals surface area contributed by atoms with Gasteiger partial charge < -0.3 is 0 Å². The first kappa shape index (κ1) is 10.9. The molecular weight excluding hydrogens is 194 g/mol. The molecule has 2 rings (SSSR count). The van der Waals surface area contributed by atoms with Crippen LogP contribution >= 0.6 is 0 Å². The molecule has 82 valence electrons. The summed E-state index contributed by atoms with van der Waals surface area (Å²) in [6.45, 7) is 8.14. The molecule has 0 spiro atoms. The molecule has 0 amide bonds. The van der Waals surface area contributed by atoms with E-state index in [0.29, 0.717) is 0 Å². The van der Waals surface area contributed by atoms with E-state index >= 15 is 0 Å². The van der Waals surface area contributed by atoms with Gasteiger partial charge in [-0.2, -0.15) is 0 Å². The summed E-state index contributed by atoms with van der Waals surface area (Å²) < 4.78 is 0. The zero-order valence-electron chi connectivity index (χ0n) is 9.96. The fourth-order valence-corrected chi connectivity index (χ4v) is 1.84. The molecule has 0 aliphatic carbocycles. The van der Waals surface area contributed by atoms with Crippen LogP contribution in [0.1, 0.15) is 31.4 Å². The zero-order valence-corrected chi connectivity index (χ0v) is 9.96. The lowest BCUT2D eigenvalue weighted by atomic mass is 10.0. The van der Waals surface area contributed by atoms with Gasteiger partial charge >= 0.3 is 0 Å². The molecular formula is C15H17N. The van der Waals surface area contributed by atoms with E-state index in [2.05, 4.69) is 42.8 Å². The Hall–Kier alpha value is -1.63. The Balaban J connectivity index is 2.48. The van der Waals surface area contributed by atoms with Gasteiger partial charge in [-0.15, -0.1) is 0 Å². The van der Waals surface area contributed by atoms with Gasteiger partial charge in [0.2, 0.25) is 0 Å². The SMILES string of the molecule is C=C(C)c1cnc2cc(CCC)ccc2c1. The molecule has 0 saturated carbocycles. The van der Waals surface area contributed by atoms with Crippen molar-refractivity contribution in [2.24, 2.45) is 0 Å². The average molecular weight is 211 g/mol. The van der Waals surface area contributed by atoms with E-state index in [1.165, 1.54) is 17.4 Å². The Kier molecular flexibility index (Phi) is 3.04. The van der Waals surface area contributed by atoms with E-state index in [-0.39, 0.29) is 0 Å². The van der Waals surface area contributed by atoms with Crippen molar-refractivity contribution in [3.05, 3.63) is 48.2 Å². The lowest BCUT2D eigenvalue weighted by molar-refractivity contribution is 0.923. The number of aryl methyl sites for hydroxylation is 1. The maximum atomic E-state index is 4.48. The second-order valence-electron chi connectivity index (χ2n) is 4.28. The van der Waals surface area contributed by atoms with Crippen LogP contribution in [0, 0.1) is 0 Å². The molecule has 0 unspecified atom stereocenters. The Bertz CT molecular complexity index is 526. The fraction of sp³-hybridized carbons (Fsp3) is 0.267. The Labute approximate surface area is 96.8 Å². The quantitative estimate of drug-likeness (QED) is 0.740. The number of allylic oxidation sites excluding steroid dienone is 1. The molecule has 0 atom stereocenters. The number of rotatable bonds is 3. The number of nitrogens with zero attached hydrogens (tertiary/aromatic N) is 1. The third-order valence-electron chi connectivity index (χ3n) is 2.78. The van der Waals surface area contributed by atoms with Crippen molar-refractivity contribution in [2.45, 2.75) is 26.7 Å². The van der Waals surface area contributed by atoms with Crippen molar-refractivity contribution in [2.75, 3.05) is 0 Å². The lowest BCUT2D eigenvalue weighted by Crippen LogP contribution is -1.87. The van der Waals surface area contributed by atoms with Gasteiger partial charge in [-0.3, -0.25) is 4.98 Å². The maximum Gasteiger partial charge on any atom is 0.0705 e. The van der Waals surface area contributed by atoms with Gasteiger partial charge in [-0.1, -0.05) is 32.1 Å². The van der Waals surface area contributed by atoms with Crippen LogP contribution < -0.4 is 0 Å². The minimum absolute atomic E-state index is 1.06. The van der Waals surface area contributed by atoms with Gasteiger partial charge in [0.15, 0.2) is 0 Å². The van der Waals surface area contributed by atoms with Crippen LogP contribution in [0.2, 0.25) is 0 Å².